The molecule has 0 saturated heterocycles. The number of carbonyl (C=O) groups excluding carboxylic acids is 1. The lowest BCUT2D eigenvalue weighted by Gasteiger charge is -2.08. The van der Waals surface area contributed by atoms with Crippen LogP contribution in [0.3, 0.4) is 0 Å². The highest BCUT2D eigenvalue weighted by atomic mass is 32.2. The third-order valence-electron chi connectivity index (χ3n) is 3.33. The Hall–Kier alpha value is -2.52. The maximum Gasteiger partial charge on any atom is 0.325 e. The van der Waals surface area contributed by atoms with Crippen LogP contribution in [0.15, 0.2) is 52.9 Å². The van der Waals surface area contributed by atoms with Gasteiger partial charge in [0.05, 0.1) is 0 Å². The van der Waals surface area contributed by atoms with E-state index in [-0.39, 0.29) is 11.1 Å². The van der Waals surface area contributed by atoms with Crippen molar-refractivity contribution in [3.63, 3.8) is 0 Å². The predicted octanol–water partition coefficient (Wildman–Crippen LogP) is 5.31. The standard InChI is InChI=1S/C17H14F2N4OS2/c1-10(11-5-7-12(18)8-6-11)25-17-23-22-16(26-17)21-15(24)20-14-4-2-3-13(19)9-14/h2-10H,1H3,(H2,20,21,22,24). The van der Waals surface area contributed by atoms with Crippen LogP contribution in [0.1, 0.15) is 17.7 Å². The summed E-state index contributed by atoms with van der Waals surface area (Å²) in [5, 5.41) is 13.4. The van der Waals surface area contributed by atoms with E-state index < -0.39 is 11.8 Å². The molecule has 1 heterocycles. The van der Waals surface area contributed by atoms with E-state index in [2.05, 4.69) is 20.8 Å². The highest BCUT2D eigenvalue weighted by Gasteiger charge is 2.13. The van der Waals surface area contributed by atoms with Gasteiger partial charge in [-0.15, -0.1) is 10.2 Å². The summed E-state index contributed by atoms with van der Waals surface area (Å²) in [6.07, 6.45) is 0. The van der Waals surface area contributed by atoms with Gasteiger partial charge in [0, 0.05) is 10.9 Å². The van der Waals surface area contributed by atoms with E-state index in [1.165, 1.54) is 53.4 Å². The number of amides is 2. The Balaban J connectivity index is 1.57. The average Bonchev–Trinajstić information content (AvgIpc) is 3.02. The van der Waals surface area contributed by atoms with Crippen molar-refractivity contribution in [3.8, 4) is 0 Å². The second-order valence-electron chi connectivity index (χ2n) is 5.27. The van der Waals surface area contributed by atoms with E-state index in [4.69, 9.17) is 0 Å². The number of nitrogens with one attached hydrogen (secondary N) is 2. The predicted molar refractivity (Wildman–Crippen MR) is 99.6 cm³/mol. The first-order valence-electron chi connectivity index (χ1n) is 7.59. The molecule has 134 valence electrons. The number of aromatic nitrogens is 2. The van der Waals surface area contributed by atoms with Gasteiger partial charge in [0.15, 0.2) is 4.34 Å². The number of rotatable bonds is 5. The van der Waals surface area contributed by atoms with Crippen LogP contribution in [-0.2, 0) is 0 Å². The highest BCUT2D eigenvalue weighted by molar-refractivity contribution is 8.01. The van der Waals surface area contributed by atoms with E-state index in [0.29, 0.717) is 15.2 Å². The largest absolute Gasteiger partial charge is 0.325 e. The van der Waals surface area contributed by atoms with Crippen LogP contribution in [0.4, 0.5) is 24.4 Å². The van der Waals surface area contributed by atoms with Crippen LogP contribution in [0.25, 0.3) is 0 Å². The Morgan fingerprint density at radius 3 is 2.58 bits per heavy atom. The summed E-state index contributed by atoms with van der Waals surface area (Å²) in [6.45, 7) is 1.98. The van der Waals surface area contributed by atoms with Crippen LogP contribution in [-0.4, -0.2) is 16.2 Å². The van der Waals surface area contributed by atoms with Crippen molar-refractivity contribution < 1.29 is 13.6 Å². The first kappa shape index (κ1) is 18.3. The zero-order valence-electron chi connectivity index (χ0n) is 13.6. The minimum atomic E-state index is -0.533. The summed E-state index contributed by atoms with van der Waals surface area (Å²) in [7, 11) is 0. The van der Waals surface area contributed by atoms with Crippen molar-refractivity contribution >= 4 is 39.9 Å². The molecule has 9 heteroatoms. The highest BCUT2D eigenvalue weighted by Crippen LogP contribution is 2.37. The van der Waals surface area contributed by atoms with Gasteiger partial charge in [-0.3, -0.25) is 5.32 Å². The molecule has 5 nitrogen and oxygen atoms in total. The molecule has 0 saturated carbocycles. The third-order valence-corrected chi connectivity index (χ3v) is 5.41. The number of thioether (sulfide) groups is 1. The molecule has 26 heavy (non-hydrogen) atoms. The van der Waals surface area contributed by atoms with E-state index in [9.17, 15) is 13.6 Å². The normalized spacial score (nSPS) is 11.8. The molecule has 0 radical (unpaired) electrons. The molecule has 1 unspecified atom stereocenters. The lowest BCUT2D eigenvalue weighted by Crippen LogP contribution is -2.19. The second kappa shape index (κ2) is 8.24. The van der Waals surface area contributed by atoms with Crippen LogP contribution in [0.2, 0.25) is 0 Å². The molecule has 3 rings (SSSR count). The molecule has 1 aromatic heterocycles. The number of benzene rings is 2. The van der Waals surface area contributed by atoms with Gasteiger partial charge in [-0.25, -0.2) is 13.6 Å². The van der Waals surface area contributed by atoms with Crippen molar-refractivity contribution in [2.24, 2.45) is 0 Å². The summed E-state index contributed by atoms with van der Waals surface area (Å²) >= 11 is 2.68. The first-order valence-corrected chi connectivity index (χ1v) is 9.28. The molecule has 0 aliphatic rings. The molecule has 2 aromatic carbocycles. The minimum absolute atomic E-state index is 0.0533. The third kappa shape index (κ3) is 4.99. The fourth-order valence-electron chi connectivity index (χ4n) is 2.09. The molecule has 0 fully saturated rings. The smallest absolute Gasteiger partial charge is 0.308 e. The summed E-state index contributed by atoms with van der Waals surface area (Å²) in [5.74, 6) is -0.718. The first-order chi connectivity index (χ1) is 12.5. The number of hydrogen-bond donors (Lipinski definition) is 2. The molecule has 0 aliphatic heterocycles. The molecule has 0 bridgehead atoms. The van der Waals surface area contributed by atoms with Crippen molar-refractivity contribution in [2.75, 3.05) is 10.6 Å². The number of carbonyl (C=O) groups is 1. The van der Waals surface area contributed by atoms with Crippen molar-refractivity contribution in [2.45, 2.75) is 16.5 Å². The van der Waals surface area contributed by atoms with Crippen LogP contribution in [0.5, 0.6) is 0 Å². The fourth-order valence-corrected chi connectivity index (χ4v) is 4.11. The van der Waals surface area contributed by atoms with Crippen LogP contribution < -0.4 is 10.6 Å². The summed E-state index contributed by atoms with van der Waals surface area (Å²) < 4.78 is 26.8. The zero-order valence-corrected chi connectivity index (χ0v) is 15.2. The second-order valence-corrected chi connectivity index (χ2v) is 7.84. The number of anilines is 2. The van der Waals surface area contributed by atoms with Gasteiger partial charge in [0.1, 0.15) is 11.6 Å². The molecule has 1 atom stereocenters. The number of halogens is 2. The van der Waals surface area contributed by atoms with Gasteiger partial charge in [-0.05, 0) is 42.8 Å². The van der Waals surface area contributed by atoms with E-state index in [1.54, 1.807) is 18.2 Å². The van der Waals surface area contributed by atoms with Crippen LogP contribution >= 0.6 is 23.1 Å². The van der Waals surface area contributed by atoms with Crippen LogP contribution in [0, 0.1) is 11.6 Å². The van der Waals surface area contributed by atoms with E-state index in [0.717, 1.165) is 5.56 Å². The Morgan fingerprint density at radius 2 is 1.85 bits per heavy atom. The van der Waals surface area contributed by atoms with Crippen molar-refractivity contribution in [1.82, 2.24) is 10.2 Å². The minimum Gasteiger partial charge on any atom is -0.308 e. The SMILES string of the molecule is CC(Sc1nnc(NC(=O)Nc2cccc(F)c2)s1)c1ccc(F)cc1. The van der Waals surface area contributed by atoms with Gasteiger partial charge in [0.25, 0.3) is 0 Å². The summed E-state index contributed by atoms with van der Waals surface area (Å²) in [4.78, 5) is 11.9. The van der Waals surface area contributed by atoms with Gasteiger partial charge in [-0.1, -0.05) is 41.3 Å². The summed E-state index contributed by atoms with van der Waals surface area (Å²) in [5.41, 5.74) is 1.30. The molecule has 2 N–H and O–H groups in total. The molecule has 0 aliphatic carbocycles. The maximum atomic E-state index is 13.1. The Labute approximate surface area is 156 Å². The number of nitrogens with zero attached hydrogens (tertiary/aromatic N) is 2. The maximum absolute atomic E-state index is 13.1. The molecule has 0 spiro atoms. The summed E-state index contributed by atoms with van der Waals surface area (Å²) in [6, 6.07) is 11.3. The zero-order chi connectivity index (χ0) is 18.5. The van der Waals surface area contributed by atoms with Gasteiger partial charge in [-0.2, -0.15) is 0 Å². The fraction of sp³-hybridized carbons (Fsp3) is 0.118. The quantitative estimate of drug-likeness (QED) is 0.456. The topological polar surface area (TPSA) is 66.9 Å². The Morgan fingerprint density at radius 1 is 1.08 bits per heavy atom. The van der Waals surface area contributed by atoms with E-state index in [1.807, 2.05) is 6.92 Å². The molecular weight excluding hydrogens is 378 g/mol. The van der Waals surface area contributed by atoms with Crippen molar-refractivity contribution in [1.29, 1.82) is 0 Å². The number of hydrogen-bond acceptors (Lipinski definition) is 5. The molecule has 3 aromatic rings. The number of urea groups is 1. The van der Waals surface area contributed by atoms with Gasteiger partial charge in [0.2, 0.25) is 5.13 Å². The van der Waals surface area contributed by atoms with Crippen molar-refractivity contribution in [3.05, 3.63) is 65.7 Å². The van der Waals surface area contributed by atoms with Gasteiger partial charge >= 0.3 is 6.03 Å². The monoisotopic (exact) mass is 392 g/mol. The molecule has 2 amide bonds. The lowest BCUT2D eigenvalue weighted by atomic mass is 10.2. The van der Waals surface area contributed by atoms with Gasteiger partial charge < -0.3 is 5.32 Å². The van der Waals surface area contributed by atoms with E-state index >= 15 is 0 Å². The average molecular weight is 392 g/mol. The lowest BCUT2D eigenvalue weighted by molar-refractivity contribution is 0.262. The Kier molecular flexibility index (Phi) is 5.79. The molecular formula is C17H14F2N4OS2. The Bertz CT molecular complexity index is 902.